The number of carboxylic acids is 1. The van der Waals surface area contributed by atoms with Crippen LogP contribution in [0.2, 0.25) is 0 Å². The average Bonchev–Trinajstić information content (AvgIpc) is 3.31. The molecule has 2 fully saturated rings. The fourth-order valence-corrected chi connectivity index (χ4v) is 10.6. The van der Waals surface area contributed by atoms with Gasteiger partial charge in [-0.05, 0) is 97.3 Å². The Kier molecular flexibility index (Phi) is 19.1. The summed E-state index contributed by atoms with van der Waals surface area (Å²) >= 11 is 0. The molecule has 0 aliphatic carbocycles. The molecule has 1 amide bonds. The molecule has 5 rings (SSSR count). The van der Waals surface area contributed by atoms with Gasteiger partial charge < -0.3 is 73.3 Å². The first-order valence-corrected chi connectivity index (χ1v) is 24.8. The van der Waals surface area contributed by atoms with Gasteiger partial charge in [-0.3, -0.25) is 9.59 Å². The number of rotatable bonds is 15. The van der Waals surface area contributed by atoms with E-state index in [0.29, 0.717) is 35.9 Å². The number of carbonyl (C=O) groups excluding carboxylic acids is 2. The lowest BCUT2D eigenvalue weighted by Crippen LogP contribution is -2.60. The normalized spacial score (nSPS) is 34.9. The molecule has 0 radical (unpaired) electrons. The van der Waals surface area contributed by atoms with Crippen LogP contribution >= 0.6 is 0 Å². The Bertz CT molecular complexity index is 2380. The second kappa shape index (κ2) is 23.7. The van der Waals surface area contributed by atoms with Gasteiger partial charge in [0, 0.05) is 55.7 Å². The van der Waals surface area contributed by atoms with Crippen LogP contribution in [-0.4, -0.2) is 141 Å². The first kappa shape index (κ1) is 58.2. The lowest BCUT2D eigenvalue weighted by Gasteiger charge is -2.48. The van der Waals surface area contributed by atoms with Crippen LogP contribution in [0.1, 0.15) is 123 Å². The van der Waals surface area contributed by atoms with E-state index in [0.717, 1.165) is 11.1 Å². The van der Waals surface area contributed by atoms with E-state index in [1.807, 2.05) is 26.0 Å². The van der Waals surface area contributed by atoms with Crippen molar-refractivity contribution in [2.75, 3.05) is 33.5 Å². The number of carbonyl (C=O) groups is 3. The third-order valence-electron chi connectivity index (χ3n) is 14.9. The standard InChI is InChI=1S/C52H77N3O17/c1-13-38-52(11,64)44(58)29(3)37(27-67-19-16-53)28(2)23-50(9,63)43(57)30(4)42(31(5)47(61)70-38)71-39-24-51(10,65-12)45(32(6)69-39)72-48(62)54-17-20-66-18-14-15-33-21-34-26-68-49(7,8)55-25-36(46(59)60)41(56)35(22-33)40(34)55/h21-22,25,27-32,38-39,42-45,57-58,63-64H,13-15,17-20,23-24,26H2,1-12H3,(H,54,62)(H,59,60)/b37-27+/t28-,29+,30+,31-,32+,38-,39+,42+,43-,44-,45+,50-,51-,52-/m1/s1. The Hall–Kier alpha value is -4.69. The summed E-state index contributed by atoms with van der Waals surface area (Å²) < 4.78 is 49.6. The lowest BCUT2D eigenvalue weighted by atomic mass is 9.73. The zero-order valence-corrected chi connectivity index (χ0v) is 43.8. The molecule has 402 valence electrons. The monoisotopic (exact) mass is 1020 g/mol. The van der Waals surface area contributed by atoms with E-state index in [2.05, 4.69) is 5.32 Å². The molecule has 20 heteroatoms. The van der Waals surface area contributed by atoms with Gasteiger partial charge in [0.15, 0.2) is 19.0 Å². The van der Waals surface area contributed by atoms with E-state index in [9.17, 15) is 44.7 Å². The number of ether oxygens (including phenoxy) is 8. The molecule has 2 aromatic rings. The van der Waals surface area contributed by atoms with Crippen LogP contribution in [0, 0.1) is 35.0 Å². The summed E-state index contributed by atoms with van der Waals surface area (Å²) in [5.41, 5.74) is -3.97. The quantitative estimate of drug-likeness (QED) is 0.0793. The molecule has 1 aromatic heterocycles. The van der Waals surface area contributed by atoms with Crippen LogP contribution in [0.3, 0.4) is 0 Å². The first-order valence-electron chi connectivity index (χ1n) is 24.8. The minimum Gasteiger partial charge on any atom is -0.486 e. The zero-order chi connectivity index (χ0) is 53.7. The summed E-state index contributed by atoms with van der Waals surface area (Å²) in [7, 11) is 1.45. The Morgan fingerprint density at radius 3 is 2.33 bits per heavy atom. The van der Waals surface area contributed by atoms with Crippen LogP contribution in [0.5, 0.6) is 0 Å². The van der Waals surface area contributed by atoms with E-state index in [1.165, 1.54) is 33.4 Å². The van der Waals surface area contributed by atoms with Crippen molar-refractivity contribution < 1.29 is 77.8 Å². The van der Waals surface area contributed by atoms with Crippen LogP contribution in [-0.2, 0) is 61.4 Å². The van der Waals surface area contributed by atoms with Crippen molar-refractivity contribution >= 4 is 28.9 Å². The molecule has 0 unspecified atom stereocenters. The number of aryl methyl sites for hydroxylation is 1. The summed E-state index contributed by atoms with van der Waals surface area (Å²) in [6, 6.07) is 5.57. The van der Waals surface area contributed by atoms with Crippen molar-refractivity contribution in [3.05, 3.63) is 57.1 Å². The van der Waals surface area contributed by atoms with Crippen molar-refractivity contribution in [3.8, 4) is 6.07 Å². The number of alkyl carbamates (subject to hydrolysis) is 1. The molecule has 14 atom stereocenters. The topological polar surface area (TPSA) is 284 Å². The highest BCUT2D eigenvalue weighted by molar-refractivity contribution is 5.94. The molecule has 0 saturated carbocycles. The van der Waals surface area contributed by atoms with Crippen molar-refractivity contribution in [2.24, 2.45) is 23.7 Å². The highest BCUT2D eigenvalue weighted by Gasteiger charge is 2.52. The SMILES string of the molecule is CC[C@H]1OC(=O)[C@H](C)[C@@H](O[C@H]2C[C@@](C)(OC)[C@@H](OC(=O)NCCOCCCc3cc4c5c(c3)c(=O)c(C(=O)O)cn5C(C)(C)OC4)[C@H](C)O2)[C@H](C)[C@@H](O)[C@](C)(O)C[C@@H](C)/C(=C\OCC#N)[C@H](C)[C@@H](O)[C@]1(C)O. The van der Waals surface area contributed by atoms with Crippen molar-refractivity contribution in [1.29, 1.82) is 5.26 Å². The molecule has 0 bridgehead atoms. The second-order valence-corrected chi connectivity index (χ2v) is 20.9. The number of methoxy groups -OCH3 is 1. The summed E-state index contributed by atoms with van der Waals surface area (Å²) in [4.78, 5) is 52.4. The number of aromatic nitrogens is 1. The van der Waals surface area contributed by atoms with Gasteiger partial charge in [-0.2, -0.15) is 5.26 Å². The number of carboxylic acid groups (broad SMARTS) is 1. The number of nitriles is 1. The van der Waals surface area contributed by atoms with Gasteiger partial charge in [0.2, 0.25) is 5.43 Å². The number of cyclic esters (lactones) is 1. The number of esters is 1. The number of hydrogen-bond acceptors (Lipinski definition) is 17. The van der Waals surface area contributed by atoms with Gasteiger partial charge in [0.1, 0.15) is 34.7 Å². The Morgan fingerprint density at radius 2 is 1.69 bits per heavy atom. The smallest absolute Gasteiger partial charge is 0.407 e. The third kappa shape index (κ3) is 12.8. The number of pyridine rings is 1. The Balaban J connectivity index is 1.22. The van der Waals surface area contributed by atoms with E-state index in [-0.39, 0.29) is 51.2 Å². The number of hydrogen-bond donors (Lipinski definition) is 6. The average molecular weight is 1020 g/mol. The number of aromatic carboxylic acids is 1. The van der Waals surface area contributed by atoms with E-state index < -0.39 is 113 Å². The van der Waals surface area contributed by atoms with Gasteiger partial charge in [0.25, 0.3) is 0 Å². The third-order valence-corrected chi connectivity index (χ3v) is 14.9. The molecule has 2 saturated heterocycles. The van der Waals surface area contributed by atoms with Gasteiger partial charge in [-0.25, -0.2) is 9.59 Å². The molecule has 3 aliphatic heterocycles. The largest absolute Gasteiger partial charge is 0.486 e. The van der Waals surface area contributed by atoms with Crippen molar-refractivity contribution in [1.82, 2.24) is 9.88 Å². The van der Waals surface area contributed by atoms with Crippen LogP contribution in [0.15, 0.2) is 35.0 Å². The molecule has 1 aromatic carbocycles. The zero-order valence-electron chi connectivity index (χ0n) is 43.8. The molecular weight excluding hydrogens is 939 g/mol. The number of aliphatic hydroxyl groups is 4. The minimum atomic E-state index is -1.97. The number of nitrogens with zero attached hydrogens (tertiary/aromatic N) is 2. The van der Waals surface area contributed by atoms with Crippen LogP contribution < -0.4 is 10.7 Å². The fraction of sp³-hybridized carbons (Fsp3) is 0.712. The van der Waals surface area contributed by atoms with Crippen molar-refractivity contribution in [2.45, 2.75) is 180 Å². The Labute approximate surface area is 421 Å². The molecule has 6 N–H and O–H groups in total. The molecule has 0 spiro atoms. The lowest BCUT2D eigenvalue weighted by molar-refractivity contribution is -0.298. The minimum absolute atomic E-state index is 0.00278. The summed E-state index contributed by atoms with van der Waals surface area (Å²) in [6.07, 6.45) is -5.11. The predicted molar refractivity (Wildman–Crippen MR) is 260 cm³/mol. The van der Waals surface area contributed by atoms with Crippen molar-refractivity contribution in [3.63, 3.8) is 0 Å². The van der Waals surface area contributed by atoms with Gasteiger partial charge >= 0.3 is 18.0 Å². The van der Waals surface area contributed by atoms with Gasteiger partial charge in [-0.15, -0.1) is 0 Å². The number of aliphatic hydroxyl groups excluding tert-OH is 2. The summed E-state index contributed by atoms with van der Waals surface area (Å²) in [6.45, 7) is 18.7. The van der Waals surface area contributed by atoms with E-state index in [1.54, 1.807) is 59.1 Å². The molecule has 20 nitrogen and oxygen atoms in total. The molecule has 3 aliphatic rings. The highest BCUT2D eigenvalue weighted by Crippen LogP contribution is 2.41. The van der Waals surface area contributed by atoms with Crippen LogP contribution in [0.25, 0.3) is 10.9 Å². The maximum atomic E-state index is 14.1. The molecule has 72 heavy (non-hydrogen) atoms. The maximum absolute atomic E-state index is 14.1. The number of nitrogens with one attached hydrogen (secondary N) is 1. The highest BCUT2D eigenvalue weighted by atomic mass is 16.7. The predicted octanol–water partition coefficient (Wildman–Crippen LogP) is 4.81. The van der Waals surface area contributed by atoms with E-state index >= 15 is 0 Å². The first-order chi connectivity index (χ1) is 33.6. The fourth-order valence-electron chi connectivity index (χ4n) is 10.6. The van der Waals surface area contributed by atoms with Gasteiger partial charge in [-0.1, -0.05) is 33.8 Å². The van der Waals surface area contributed by atoms with Crippen LogP contribution in [0.4, 0.5) is 4.79 Å². The number of benzene rings is 1. The van der Waals surface area contributed by atoms with E-state index in [4.69, 9.17) is 43.2 Å². The van der Waals surface area contributed by atoms with Gasteiger partial charge in [0.05, 0.1) is 60.9 Å². The maximum Gasteiger partial charge on any atom is 0.407 e. The molecule has 4 heterocycles. The Morgan fingerprint density at radius 1 is 1.00 bits per heavy atom. The summed E-state index contributed by atoms with van der Waals surface area (Å²) in [5.74, 6) is -5.52. The molecular formula is C52H77N3O17. The summed E-state index contributed by atoms with van der Waals surface area (Å²) in [5, 5.41) is 69.2. The second-order valence-electron chi connectivity index (χ2n) is 20.9. The number of amides is 1.